The Hall–Kier alpha value is -3.91. The van der Waals surface area contributed by atoms with Gasteiger partial charge in [-0.1, -0.05) is 42.5 Å². The molecule has 0 bridgehead atoms. The molecule has 2 aliphatic heterocycles. The van der Waals surface area contributed by atoms with Crippen LogP contribution in [0.15, 0.2) is 88.6 Å². The molecule has 9 heteroatoms. The number of carbonyl (C=O) groups is 1. The molecule has 1 saturated heterocycles. The van der Waals surface area contributed by atoms with Gasteiger partial charge in [0.1, 0.15) is 5.82 Å². The van der Waals surface area contributed by atoms with Crippen LogP contribution >= 0.6 is 12.4 Å². The molecule has 0 unspecified atom stereocenters. The number of aliphatic imine (C=N–C) groups is 2. The maximum absolute atomic E-state index is 14.1. The van der Waals surface area contributed by atoms with Gasteiger partial charge in [-0.25, -0.2) is 19.2 Å². The summed E-state index contributed by atoms with van der Waals surface area (Å²) in [5.41, 5.74) is 7.78. The van der Waals surface area contributed by atoms with Gasteiger partial charge < -0.3 is 20.3 Å². The lowest BCUT2D eigenvalue weighted by Crippen LogP contribution is -2.49. The van der Waals surface area contributed by atoms with Gasteiger partial charge in [0.25, 0.3) is 0 Å². The van der Waals surface area contributed by atoms with Crippen molar-refractivity contribution in [2.45, 2.75) is 0 Å². The Bertz CT molecular complexity index is 1300. The molecule has 2 N–H and O–H groups in total. The maximum Gasteiger partial charge on any atom is 0.365 e. The van der Waals surface area contributed by atoms with Crippen molar-refractivity contribution in [3.8, 4) is 0 Å². The number of cyclic esters (lactones) is 1. The fourth-order valence-electron chi connectivity index (χ4n) is 3.92. The smallest absolute Gasteiger partial charge is 0.365 e. The summed E-state index contributed by atoms with van der Waals surface area (Å²) in [5.74, 6) is -0.202. The molecule has 5 rings (SSSR count). The van der Waals surface area contributed by atoms with Crippen LogP contribution in [0.2, 0.25) is 0 Å². The van der Waals surface area contributed by atoms with E-state index in [-0.39, 0.29) is 29.8 Å². The quantitative estimate of drug-likeness (QED) is 0.267. The van der Waals surface area contributed by atoms with Crippen LogP contribution in [-0.4, -0.2) is 53.8 Å². The largest absolute Gasteiger partial charge is 0.402 e. The minimum absolute atomic E-state index is 0. The van der Waals surface area contributed by atoms with Gasteiger partial charge in [-0.15, -0.1) is 12.4 Å². The summed E-state index contributed by atoms with van der Waals surface area (Å²) in [6, 6.07) is 19.6. The van der Waals surface area contributed by atoms with E-state index in [1.54, 1.807) is 30.5 Å². The molecule has 0 spiro atoms. The van der Waals surface area contributed by atoms with Crippen LogP contribution in [0.3, 0.4) is 0 Å². The monoisotopic (exact) mass is 479 g/mol. The van der Waals surface area contributed by atoms with Crippen molar-refractivity contribution in [3.05, 3.63) is 90.0 Å². The van der Waals surface area contributed by atoms with Crippen LogP contribution < -0.4 is 5.73 Å². The maximum atomic E-state index is 14.1. The standard InChI is InChI=1S/C25H22FN5O2.ClH/c26-21-11-10-20(18-8-4-5-9-19(18)21)23-29-22(24(32)33-23)16-30-12-14-31(15-13-30)25(27)28-17-6-2-1-3-7-17;/h1-11,16H,12-15H2,(H2,27,28);1H. The highest BCUT2D eigenvalue weighted by atomic mass is 35.5. The lowest BCUT2D eigenvalue weighted by atomic mass is 10.0. The predicted molar refractivity (Wildman–Crippen MR) is 133 cm³/mol. The molecule has 0 aliphatic carbocycles. The number of fused-ring (bicyclic) bond motifs is 1. The van der Waals surface area contributed by atoms with E-state index in [0.717, 1.165) is 5.69 Å². The van der Waals surface area contributed by atoms with E-state index in [1.807, 2.05) is 46.2 Å². The number of piperazine rings is 1. The van der Waals surface area contributed by atoms with Gasteiger partial charge in [0.15, 0.2) is 11.7 Å². The van der Waals surface area contributed by atoms with Crippen molar-refractivity contribution in [1.82, 2.24) is 9.80 Å². The Labute approximate surface area is 202 Å². The first kappa shape index (κ1) is 23.3. The molecular formula is C25H23ClFN5O2. The highest BCUT2D eigenvalue weighted by molar-refractivity contribution is 6.16. The molecule has 3 aromatic rings. The second-order valence-corrected chi connectivity index (χ2v) is 7.79. The molecule has 0 atom stereocenters. The van der Waals surface area contributed by atoms with E-state index < -0.39 is 5.97 Å². The summed E-state index contributed by atoms with van der Waals surface area (Å²) >= 11 is 0. The molecule has 174 valence electrons. The highest BCUT2D eigenvalue weighted by Crippen LogP contribution is 2.26. The first-order chi connectivity index (χ1) is 16.1. The van der Waals surface area contributed by atoms with Crippen LogP contribution in [0.1, 0.15) is 5.56 Å². The topological polar surface area (TPSA) is 83.5 Å². The van der Waals surface area contributed by atoms with Crippen molar-refractivity contribution in [2.75, 3.05) is 26.2 Å². The molecule has 7 nitrogen and oxygen atoms in total. The van der Waals surface area contributed by atoms with Gasteiger partial charge in [-0.3, -0.25) is 0 Å². The highest BCUT2D eigenvalue weighted by Gasteiger charge is 2.27. The zero-order chi connectivity index (χ0) is 22.8. The third-order valence-corrected chi connectivity index (χ3v) is 5.66. The van der Waals surface area contributed by atoms with Crippen molar-refractivity contribution < 1.29 is 13.9 Å². The molecule has 34 heavy (non-hydrogen) atoms. The summed E-state index contributed by atoms with van der Waals surface area (Å²) in [7, 11) is 0. The average molecular weight is 480 g/mol. The number of rotatable bonds is 3. The second-order valence-electron chi connectivity index (χ2n) is 7.79. The van der Waals surface area contributed by atoms with Crippen LogP contribution in [0.5, 0.6) is 0 Å². The summed E-state index contributed by atoms with van der Waals surface area (Å²) in [5, 5.41) is 1.10. The summed E-state index contributed by atoms with van der Waals surface area (Å²) in [6.45, 7) is 2.65. The lowest BCUT2D eigenvalue weighted by Gasteiger charge is -2.34. The van der Waals surface area contributed by atoms with Crippen LogP contribution in [0.25, 0.3) is 10.8 Å². The number of esters is 1. The van der Waals surface area contributed by atoms with Gasteiger partial charge in [-0.2, -0.15) is 0 Å². The zero-order valence-corrected chi connectivity index (χ0v) is 19.0. The third kappa shape index (κ3) is 4.72. The van der Waals surface area contributed by atoms with E-state index in [4.69, 9.17) is 10.5 Å². The van der Waals surface area contributed by atoms with Gasteiger partial charge in [0, 0.05) is 43.3 Å². The Morgan fingerprint density at radius 3 is 2.38 bits per heavy atom. The number of ether oxygens (including phenoxy) is 1. The van der Waals surface area contributed by atoms with Crippen LogP contribution in [0.4, 0.5) is 10.1 Å². The first-order valence-electron chi connectivity index (χ1n) is 10.7. The minimum atomic E-state index is -0.522. The second kappa shape index (κ2) is 9.93. The molecule has 0 aromatic heterocycles. The number of carbonyl (C=O) groups excluding carboxylic acids is 1. The number of guanidine groups is 1. The number of para-hydroxylation sites is 1. The molecule has 2 heterocycles. The van der Waals surface area contributed by atoms with Crippen LogP contribution in [-0.2, 0) is 9.53 Å². The van der Waals surface area contributed by atoms with Crippen LogP contribution in [0, 0.1) is 5.82 Å². The Morgan fingerprint density at radius 1 is 0.971 bits per heavy atom. The molecule has 0 amide bonds. The van der Waals surface area contributed by atoms with Gasteiger partial charge in [0.05, 0.1) is 5.69 Å². The molecule has 1 fully saturated rings. The number of benzene rings is 3. The lowest BCUT2D eigenvalue weighted by molar-refractivity contribution is -0.130. The molecule has 2 aliphatic rings. The average Bonchev–Trinajstić information content (AvgIpc) is 3.20. The van der Waals surface area contributed by atoms with E-state index in [9.17, 15) is 9.18 Å². The molecule has 0 radical (unpaired) electrons. The van der Waals surface area contributed by atoms with Crippen molar-refractivity contribution in [1.29, 1.82) is 0 Å². The molecule has 3 aromatic carbocycles. The number of nitrogens with two attached hydrogens (primary N) is 1. The predicted octanol–water partition coefficient (Wildman–Crippen LogP) is 3.81. The summed E-state index contributed by atoms with van der Waals surface area (Å²) in [4.78, 5) is 25.3. The normalized spacial score (nSPS) is 17.6. The Balaban J connectivity index is 0.00000274. The summed E-state index contributed by atoms with van der Waals surface area (Å²) in [6.07, 6.45) is 1.71. The Morgan fingerprint density at radius 2 is 1.65 bits per heavy atom. The Kier molecular flexibility index (Phi) is 6.79. The third-order valence-electron chi connectivity index (χ3n) is 5.66. The number of halogens is 2. The molecular weight excluding hydrogens is 457 g/mol. The minimum Gasteiger partial charge on any atom is -0.402 e. The van der Waals surface area contributed by atoms with Gasteiger partial charge >= 0.3 is 5.97 Å². The zero-order valence-electron chi connectivity index (χ0n) is 18.2. The van der Waals surface area contributed by atoms with E-state index in [2.05, 4.69) is 9.98 Å². The van der Waals surface area contributed by atoms with E-state index >= 15 is 0 Å². The van der Waals surface area contributed by atoms with E-state index in [1.165, 1.54) is 6.07 Å². The number of nitrogens with zero attached hydrogens (tertiary/aromatic N) is 4. The first-order valence-corrected chi connectivity index (χ1v) is 10.7. The summed E-state index contributed by atoms with van der Waals surface area (Å²) < 4.78 is 19.6. The fraction of sp³-hybridized carbons (Fsp3) is 0.160. The number of hydrogen-bond donors (Lipinski definition) is 1. The van der Waals surface area contributed by atoms with Crippen molar-refractivity contribution >= 4 is 46.7 Å². The number of hydrogen-bond acceptors (Lipinski definition) is 5. The van der Waals surface area contributed by atoms with Crippen molar-refractivity contribution in [2.24, 2.45) is 15.7 Å². The SMILES string of the molecule is Cl.NC(=Nc1ccccc1)N1CCN(C=C2N=C(c3ccc(F)c4ccccc34)OC2=O)CC1. The van der Waals surface area contributed by atoms with E-state index in [0.29, 0.717) is 48.5 Å². The van der Waals surface area contributed by atoms with Gasteiger partial charge in [0.2, 0.25) is 5.90 Å². The van der Waals surface area contributed by atoms with Crippen molar-refractivity contribution in [3.63, 3.8) is 0 Å². The fourth-order valence-corrected chi connectivity index (χ4v) is 3.92. The molecule has 0 saturated carbocycles. The van der Waals surface area contributed by atoms with Gasteiger partial charge in [-0.05, 0) is 29.7 Å².